The second-order valence-electron chi connectivity index (χ2n) is 6.62. The Labute approximate surface area is 166 Å². The van der Waals surface area contributed by atoms with Gasteiger partial charge in [-0.2, -0.15) is 9.57 Å². The fraction of sp³-hybridized carbons (Fsp3) is 0.333. The van der Waals surface area contributed by atoms with Crippen LogP contribution in [-0.2, 0) is 17.1 Å². The fourth-order valence-electron chi connectivity index (χ4n) is 3.28. The van der Waals surface area contributed by atoms with Crippen molar-refractivity contribution in [3.63, 3.8) is 0 Å². The number of sulfonamides is 1. The number of oxazole rings is 1. The minimum atomic E-state index is -3.81. The monoisotopic (exact) mass is 415 g/mol. The number of piperidine rings is 1. The number of ether oxygens (including phenoxy) is 1. The van der Waals surface area contributed by atoms with Gasteiger partial charge in [0.15, 0.2) is 5.58 Å². The SMILES string of the molecule is Cn1c(=O)oc2ccc(S(=O)(=O)N3CCCC(Oc4nccnc4C#N)C3)cc21. The third-order valence-corrected chi connectivity index (χ3v) is 6.65. The number of rotatable bonds is 4. The first-order valence-corrected chi connectivity index (χ1v) is 10.3. The van der Waals surface area contributed by atoms with Crippen LogP contribution in [0.3, 0.4) is 0 Å². The van der Waals surface area contributed by atoms with Crippen LogP contribution in [0.5, 0.6) is 5.88 Å². The third-order valence-electron chi connectivity index (χ3n) is 4.79. The van der Waals surface area contributed by atoms with Crippen molar-refractivity contribution in [1.82, 2.24) is 18.8 Å². The number of fused-ring (bicyclic) bond motifs is 1. The van der Waals surface area contributed by atoms with E-state index in [4.69, 9.17) is 14.4 Å². The molecule has 0 spiro atoms. The van der Waals surface area contributed by atoms with Gasteiger partial charge in [-0.15, -0.1) is 0 Å². The summed E-state index contributed by atoms with van der Waals surface area (Å²) in [6, 6.07) is 6.23. The van der Waals surface area contributed by atoms with Crippen LogP contribution in [-0.4, -0.2) is 46.5 Å². The van der Waals surface area contributed by atoms with Gasteiger partial charge in [0.05, 0.1) is 17.0 Å². The molecule has 0 N–H and O–H groups in total. The summed E-state index contributed by atoms with van der Waals surface area (Å²) in [5.41, 5.74) is 0.779. The number of hydrogen-bond acceptors (Lipinski definition) is 8. The molecule has 0 aliphatic carbocycles. The Balaban J connectivity index is 1.59. The van der Waals surface area contributed by atoms with Gasteiger partial charge in [-0.1, -0.05) is 0 Å². The molecule has 0 saturated carbocycles. The van der Waals surface area contributed by atoms with Crippen LogP contribution in [0.25, 0.3) is 11.1 Å². The summed E-state index contributed by atoms with van der Waals surface area (Å²) in [6.45, 7) is 0.461. The molecule has 10 nitrogen and oxygen atoms in total. The van der Waals surface area contributed by atoms with Gasteiger partial charge in [-0.25, -0.2) is 23.2 Å². The molecule has 150 valence electrons. The van der Waals surface area contributed by atoms with E-state index in [9.17, 15) is 13.2 Å². The highest BCUT2D eigenvalue weighted by molar-refractivity contribution is 7.89. The molecule has 1 saturated heterocycles. The van der Waals surface area contributed by atoms with Gasteiger partial charge >= 0.3 is 5.76 Å². The van der Waals surface area contributed by atoms with E-state index >= 15 is 0 Å². The van der Waals surface area contributed by atoms with Crippen molar-refractivity contribution < 1.29 is 17.6 Å². The first-order valence-electron chi connectivity index (χ1n) is 8.87. The molecule has 2 aromatic heterocycles. The lowest BCUT2D eigenvalue weighted by molar-refractivity contribution is 0.124. The van der Waals surface area contributed by atoms with E-state index in [1.165, 1.54) is 46.5 Å². The van der Waals surface area contributed by atoms with Gasteiger partial charge in [-0.3, -0.25) is 4.57 Å². The maximum Gasteiger partial charge on any atom is 0.419 e. The topological polar surface area (TPSA) is 131 Å². The van der Waals surface area contributed by atoms with Gasteiger partial charge in [0.1, 0.15) is 12.2 Å². The summed E-state index contributed by atoms with van der Waals surface area (Å²) in [7, 11) is -2.29. The molecule has 1 aliphatic heterocycles. The molecular formula is C18H17N5O5S. The predicted molar refractivity (Wildman–Crippen MR) is 101 cm³/mol. The lowest BCUT2D eigenvalue weighted by Gasteiger charge is -2.31. The molecule has 3 heterocycles. The van der Waals surface area contributed by atoms with E-state index in [0.717, 1.165) is 0 Å². The Morgan fingerprint density at radius 1 is 1.31 bits per heavy atom. The first-order chi connectivity index (χ1) is 13.9. The molecule has 4 rings (SSSR count). The number of nitrogens with zero attached hydrogens (tertiary/aromatic N) is 5. The van der Waals surface area contributed by atoms with Crippen molar-refractivity contribution >= 4 is 21.1 Å². The predicted octanol–water partition coefficient (Wildman–Crippen LogP) is 1.03. The van der Waals surface area contributed by atoms with Crippen molar-refractivity contribution in [1.29, 1.82) is 5.26 Å². The zero-order valence-corrected chi connectivity index (χ0v) is 16.3. The number of aromatic nitrogens is 3. The van der Waals surface area contributed by atoms with Crippen molar-refractivity contribution in [2.24, 2.45) is 7.05 Å². The third kappa shape index (κ3) is 3.48. The van der Waals surface area contributed by atoms with Crippen LogP contribution in [0.2, 0.25) is 0 Å². The summed E-state index contributed by atoms with van der Waals surface area (Å²) in [5.74, 6) is -0.465. The van der Waals surface area contributed by atoms with E-state index in [1.807, 2.05) is 6.07 Å². The Hall–Kier alpha value is -3.23. The van der Waals surface area contributed by atoms with Crippen LogP contribution in [0, 0.1) is 11.3 Å². The van der Waals surface area contributed by atoms with Crippen LogP contribution in [0.15, 0.2) is 44.7 Å². The van der Waals surface area contributed by atoms with Crippen molar-refractivity contribution in [2.45, 2.75) is 23.8 Å². The van der Waals surface area contributed by atoms with E-state index in [0.29, 0.717) is 30.5 Å². The number of nitriles is 1. The van der Waals surface area contributed by atoms with E-state index < -0.39 is 21.9 Å². The average Bonchev–Trinajstić information content (AvgIpc) is 3.02. The molecule has 0 amide bonds. The highest BCUT2D eigenvalue weighted by Crippen LogP contribution is 2.25. The van der Waals surface area contributed by atoms with E-state index in [2.05, 4.69) is 9.97 Å². The summed E-state index contributed by atoms with van der Waals surface area (Å²) >= 11 is 0. The Morgan fingerprint density at radius 3 is 2.90 bits per heavy atom. The maximum absolute atomic E-state index is 13.1. The second kappa shape index (κ2) is 7.31. The summed E-state index contributed by atoms with van der Waals surface area (Å²) in [6.07, 6.45) is 3.57. The highest BCUT2D eigenvalue weighted by atomic mass is 32.2. The lowest BCUT2D eigenvalue weighted by Crippen LogP contribution is -2.44. The summed E-state index contributed by atoms with van der Waals surface area (Å²) in [4.78, 5) is 19.6. The molecule has 0 radical (unpaired) electrons. The molecule has 1 aliphatic rings. The maximum atomic E-state index is 13.1. The van der Waals surface area contributed by atoms with Gasteiger partial charge in [0, 0.05) is 26.0 Å². The fourth-order valence-corrected chi connectivity index (χ4v) is 4.81. The van der Waals surface area contributed by atoms with Crippen LogP contribution >= 0.6 is 0 Å². The van der Waals surface area contributed by atoms with Crippen molar-refractivity contribution in [3.05, 3.63) is 46.8 Å². The highest BCUT2D eigenvalue weighted by Gasteiger charge is 2.32. The average molecular weight is 415 g/mol. The number of aryl methyl sites for hydroxylation is 1. The van der Waals surface area contributed by atoms with Gasteiger partial charge in [-0.05, 0) is 31.0 Å². The normalized spacial score (nSPS) is 17.9. The lowest BCUT2D eigenvalue weighted by atomic mass is 10.1. The molecule has 29 heavy (non-hydrogen) atoms. The van der Waals surface area contributed by atoms with Gasteiger partial charge in [0.25, 0.3) is 5.88 Å². The number of hydrogen-bond donors (Lipinski definition) is 0. The zero-order chi connectivity index (χ0) is 20.6. The van der Waals surface area contributed by atoms with Crippen LogP contribution in [0.4, 0.5) is 0 Å². The summed E-state index contributed by atoms with van der Waals surface area (Å²) in [5, 5.41) is 9.12. The quantitative estimate of drug-likeness (QED) is 0.617. The Bertz CT molecular complexity index is 1270. The number of benzene rings is 1. The zero-order valence-electron chi connectivity index (χ0n) is 15.5. The molecule has 3 aromatic rings. The van der Waals surface area contributed by atoms with Crippen LogP contribution in [0.1, 0.15) is 18.5 Å². The molecule has 11 heteroatoms. The van der Waals surface area contributed by atoms with Gasteiger partial charge in [0.2, 0.25) is 15.7 Å². The molecule has 1 atom stereocenters. The van der Waals surface area contributed by atoms with Crippen molar-refractivity contribution in [3.8, 4) is 11.9 Å². The molecule has 1 unspecified atom stereocenters. The smallest absolute Gasteiger partial charge is 0.419 e. The van der Waals surface area contributed by atoms with Crippen molar-refractivity contribution in [2.75, 3.05) is 13.1 Å². The molecular weight excluding hydrogens is 398 g/mol. The van der Waals surface area contributed by atoms with E-state index in [1.54, 1.807) is 0 Å². The summed E-state index contributed by atoms with van der Waals surface area (Å²) < 4.78 is 39.7. The van der Waals surface area contributed by atoms with Gasteiger partial charge < -0.3 is 9.15 Å². The second-order valence-corrected chi connectivity index (χ2v) is 8.56. The minimum absolute atomic E-state index is 0.0545. The largest absolute Gasteiger partial charge is 0.471 e. The first kappa shape index (κ1) is 19.1. The standard InChI is InChI=1S/C18H17N5O5S/c1-22-15-9-13(4-5-16(15)28-18(22)24)29(25,26)23-8-2-3-12(11-23)27-17-14(10-19)20-6-7-21-17/h4-7,9,12H,2-3,8,11H2,1H3. The van der Waals surface area contributed by atoms with E-state index in [-0.39, 0.29) is 23.0 Å². The molecule has 1 fully saturated rings. The minimum Gasteiger partial charge on any atom is -0.471 e. The Kier molecular flexibility index (Phi) is 4.81. The molecule has 1 aromatic carbocycles. The molecule has 0 bridgehead atoms. The Morgan fingerprint density at radius 2 is 2.10 bits per heavy atom. The van der Waals surface area contributed by atoms with Crippen LogP contribution < -0.4 is 10.5 Å².